The number of rotatable bonds is 6. The molecule has 0 atom stereocenters. The van der Waals surface area contributed by atoms with E-state index in [1.54, 1.807) is 42.5 Å². The number of nitrogens with zero attached hydrogens (tertiary/aromatic N) is 1. The number of carboxylic acids is 1. The van der Waals surface area contributed by atoms with E-state index in [0.717, 1.165) is 0 Å². The molecule has 0 aliphatic carbocycles. The molecule has 126 valence electrons. The molecule has 6 nitrogen and oxygen atoms in total. The predicted octanol–water partition coefficient (Wildman–Crippen LogP) is 3.30. The van der Waals surface area contributed by atoms with Gasteiger partial charge >= 0.3 is 5.97 Å². The summed E-state index contributed by atoms with van der Waals surface area (Å²) in [5.41, 5.74) is 1.19. The number of carbonyl (C=O) groups excluding carboxylic acids is 1. The van der Waals surface area contributed by atoms with Crippen molar-refractivity contribution in [3.8, 4) is 11.8 Å². The molecule has 7 heteroatoms. The quantitative estimate of drug-likeness (QED) is 0.402. The number of hydrogen-bond donors (Lipinski definition) is 2. The maximum absolute atomic E-state index is 12.2. The minimum Gasteiger partial charge on any atom is -0.481 e. The van der Waals surface area contributed by atoms with Gasteiger partial charge in [-0.15, -0.1) is 0 Å². The topological polar surface area (TPSA) is 99.4 Å². The lowest BCUT2D eigenvalue weighted by atomic mass is 10.1. The van der Waals surface area contributed by atoms with Gasteiger partial charge in [-0.3, -0.25) is 4.79 Å². The van der Waals surface area contributed by atoms with Crippen LogP contribution in [0.5, 0.6) is 5.75 Å². The van der Waals surface area contributed by atoms with E-state index in [1.807, 2.05) is 34.7 Å². The van der Waals surface area contributed by atoms with Crippen LogP contribution >= 0.6 is 22.6 Å². The maximum Gasteiger partial charge on any atom is 0.341 e. The number of anilines is 1. The fraction of sp³-hybridized carbons (Fsp3) is 0.0556. The average molecular weight is 448 g/mol. The molecule has 0 unspecified atom stereocenters. The number of halogens is 1. The first-order valence-electron chi connectivity index (χ1n) is 7.12. The number of carboxylic acid groups (broad SMARTS) is 1. The third-order valence-corrected chi connectivity index (χ3v) is 3.86. The smallest absolute Gasteiger partial charge is 0.341 e. The molecule has 0 heterocycles. The number of aliphatic carboxylic acids is 1. The van der Waals surface area contributed by atoms with E-state index in [-0.39, 0.29) is 5.57 Å². The van der Waals surface area contributed by atoms with Crippen LogP contribution in [0.15, 0.2) is 54.1 Å². The van der Waals surface area contributed by atoms with Crippen molar-refractivity contribution in [1.29, 1.82) is 5.26 Å². The van der Waals surface area contributed by atoms with Crippen molar-refractivity contribution in [2.75, 3.05) is 11.9 Å². The van der Waals surface area contributed by atoms with E-state index < -0.39 is 18.5 Å². The molecule has 0 bridgehead atoms. The summed E-state index contributed by atoms with van der Waals surface area (Å²) in [4.78, 5) is 22.7. The Balaban J connectivity index is 2.16. The van der Waals surface area contributed by atoms with Crippen LogP contribution in [-0.4, -0.2) is 23.6 Å². The SMILES string of the molecule is N#C/C(=C/c1ccc(OCC(=O)O)c(I)c1)C(=O)Nc1ccccc1. The number of nitriles is 1. The van der Waals surface area contributed by atoms with Crippen LogP contribution < -0.4 is 10.1 Å². The Morgan fingerprint density at radius 3 is 2.56 bits per heavy atom. The Hall–Kier alpha value is -2.86. The summed E-state index contributed by atoms with van der Waals surface area (Å²) in [6, 6.07) is 15.7. The summed E-state index contributed by atoms with van der Waals surface area (Å²) in [6.07, 6.45) is 1.46. The van der Waals surface area contributed by atoms with Crippen molar-refractivity contribution in [1.82, 2.24) is 0 Å². The van der Waals surface area contributed by atoms with Crippen LogP contribution in [0.2, 0.25) is 0 Å². The van der Waals surface area contributed by atoms with Crippen molar-refractivity contribution in [3.05, 3.63) is 63.2 Å². The lowest BCUT2D eigenvalue weighted by Gasteiger charge is -2.07. The fourth-order valence-electron chi connectivity index (χ4n) is 1.90. The number of nitrogens with one attached hydrogen (secondary N) is 1. The molecule has 0 fully saturated rings. The Morgan fingerprint density at radius 1 is 1.24 bits per heavy atom. The van der Waals surface area contributed by atoms with Gasteiger partial charge in [0.15, 0.2) is 6.61 Å². The summed E-state index contributed by atoms with van der Waals surface area (Å²) in [7, 11) is 0. The first-order chi connectivity index (χ1) is 12.0. The van der Waals surface area contributed by atoms with E-state index in [4.69, 9.17) is 9.84 Å². The van der Waals surface area contributed by atoms with Gasteiger partial charge in [-0.05, 0) is 58.5 Å². The summed E-state index contributed by atoms with van der Waals surface area (Å²) < 4.78 is 5.81. The molecule has 2 aromatic carbocycles. The van der Waals surface area contributed by atoms with E-state index in [9.17, 15) is 14.9 Å². The van der Waals surface area contributed by atoms with Crippen molar-refractivity contribution < 1.29 is 19.4 Å². The normalized spacial score (nSPS) is 10.6. The van der Waals surface area contributed by atoms with Crippen molar-refractivity contribution in [2.45, 2.75) is 0 Å². The standard InChI is InChI=1S/C18H13IN2O4/c19-15-9-12(6-7-16(15)25-11-17(22)23)8-13(10-20)18(24)21-14-4-2-1-3-5-14/h1-9H,11H2,(H,21,24)(H,22,23)/b13-8-. The Kier molecular flexibility index (Phi) is 6.54. The Labute approximate surface area is 157 Å². The number of amides is 1. The minimum atomic E-state index is -1.07. The van der Waals surface area contributed by atoms with Gasteiger partial charge in [0.05, 0.1) is 3.57 Å². The first-order valence-corrected chi connectivity index (χ1v) is 8.20. The molecule has 0 spiro atoms. The van der Waals surface area contributed by atoms with Crippen LogP contribution in [0, 0.1) is 14.9 Å². The monoisotopic (exact) mass is 448 g/mol. The predicted molar refractivity (Wildman–Crippen MR) is 101 cm³/mol. The summed E-state index contributed by atoms with van der Waals surface area (Å²) >= 11 is 2.00. The first kappa shape index (κ1) is 18.5. The zero-order valence-corrected chi connectivity index (χ0v) is 15.1. The number of benzene rings is 2. The largest absolute Gasteiger partial charge is 0.481 e. The third kappa shape index (κ3) is 5.61. The van der Waals surface area contributed by atoms with E-state index in [0.29, 0.717) is 20.6 Å². The second-order valence-electron chi connectivity index (χ2n) is 4.86. The highest BCUT2D eigenvalue weighted by atomic mass is 127. The van der Waals surface area contributed by atoms with Crippen LogP contribution in [0.4, 0.5) is 5.69 Å². The van der Waals surface area contributed by atoms with Gasteiger partial charge in [0.25, 0.3) is 5.91 Å². The molecule has 0 saturated heterocycles. The highest BCUT2D eigenvalue weighted by molar-refractivity contribution is 14.1. The van der Waals surface area contributed by atoms with E-state index in [2.05, 4.69) is 5.32 Å². The van der Waals surface area contributed by atoms with Gasteiger partial charge in [0.1, 0.15) is 17.4 Å². The second-order valence-corrected chi connectivity index (χ2v) is 6.02. The summed E-state index contributed by atoms with van der Waals surface area (Å²) in [5, 5.41) is 20.5. The van der Waals surface area contributed by atoms with E-state index >= 15 is 0 Å². The summed E-state index contributed by atoms with van der Waals surface area (Å²) in [6.45, 7) is -0.436. The van der Waals surface area contributed by atoms with Gasteiger partial charge in [-0.2, -0.15) is 5.26 Å². The molecular formula is C18H13IN2O4. The zero-order chi connectivity index (χ0) is 18.2. The van der Waals surface area contributed by atoms with Crippen molar-refractivity contribution in [3.63, 3.8) is 0 Å². The molecular weight excluding hydrogens is 435 g/mol. The highest BCUT2D eigenvalue weighted by Crippen LogP contribution is 2.23. The average Bonchev–Trinajstić information content (AvgIpc) is 2.59. The second kappa shape index (κ2) is 8.84. The van der Waals surface area contributed by atoms with Gasteiger partial charge < -0.3 is 15.2 Å². The molecule has 0 radical (unpaired) electrons. The zero-order valence-electron chi connectivity index (χ0n) is 12.9. The maximum atomic E-state index is 12.2. The van der Waals surface area contributed by atoms with Crippen molar-refractivity contribution in [2.24, 2.45) is 0 Å². The van der Waals surface area contributed by atoms with Crippen LogP contribution in [0.25, 0.3) is 6.08 Å². The number of para-hydroxylation sites is 1. The molecule has 0 aromatic heterocycles. The molecule has 0 saturated carbocycles. The van der Waals surface area contributed by atoms with Crippen molar-refractivity contribution >= 4 is 46.2 Å². The highest BCUT2D eigenvalue weighted by Gasteiger charge is 2.10. The number of carbonyl (C=O) groups is 2. The van der Waals surface area contributed by atoms with Gasteiger partial charge in [0.2, 0.25) is 0 Å². The molecule has 25 heavy (non-hydrogen) atoms. The van der Waals surface area contributed by atoms with Gasteiger partial charge in [-0.25, -0.2) is 4.79 Å². The molecule has 2 rings (SSSR count). The molecule has 1 amide bonds. The lowest BCUT2D eigenvalue weighted by Crippen LogP contribution is -2.13. The number of ether oxygens (including phenoxy) is 1. The van der Waals surface area contributed by atoms with Gasteiger partial charge in [0, 0.05) is 5.69 Å². The molecule has 0 aliphatic rings. The lowest BCUT2D eigenvalue weighted by molar-refractivity contribution is -0.139. The third-order valence-electron chi connectivity index (χ3n) is 3.01. The van der Waals surface area contributed by atoms with Crippen LogP contribution in [-0.2, 0) is 9.59 Å². The minimum absolute atomic E-state index is 0.0427. The summed E-state index contributed by atoms with van der Waals surface area (Å²) in [5.74, 6) is -1.15. The molecule has 2 aromatic rings. The fourth-order valence-corrected chi connectivity index (χ4v) is 2.59. The van der Waals surface area contributed by atoms with Crippen LogP contribution in [0.3, 0.4) is 0 Å². The Bertz CT molecular complexity index is 857. The van der Waals surface area contributed by atoms with Gasteiger partial charge in [-0.1, -0.05) is 24.3 Å². The Morgan fingerprint density at radius 2 is 1.96 bits per heavy atom. The molecule has 0 aliphatic heterocycles. The van der Waals surface area contributed by atoms with E-state index in [1.165, 1.54) is 6.08 Å². The molecule has 2 N–H and O–H groups in total. The van der Waals surface area contributed by atoms with Crippen LogP contribution in [0.1, 0.15) is 5.56 Å². The number of hydrogen-bond acceptors (Lipinski definition) is 4.